The van der Waals surface area contributed by atoms with E-state index in [1.54, 1.807) is 11.0 Å². The van der Waals surface area contributed by atoms with Crippen molar-refractivity contribution in [2.45, 2.75) is 0 Å². The number of aromatic nitrogens is 5. The van der Waals surface area contributed by atoms with Gasteiger partial charge < -0.3 is 9.80 Å². The highest BCUT2D eigenvalue weighted by Crippen LogP contribution is 2.23. The molecule has 0 bridgehead atoms. The monoisotopic (exact) mass is 385 g/mol. The zero-order chi connectivity index (χ0) is 19.6. The smallest absolute Gasteiger partial charge is 0.253 e. The molecule has 0 saturated carbocycles. The van der Waals surface area contributed by atoms with E-state index in [2.05, 4.69) is 25.2 Å². The molecule has 3 heterocycles. The Morgan fingerprint density at radius 2 is 1.52 bits per heavy atom. The molecule has 8 heteroatoms. The Bertz CT molecular complexity index is 1140. The number of hydrogen-bond donors (Lipinski definition) is 0. The fourth-order valence-corrected chi connectivity index (χ4v) is 3.60. The number of hydrogen-bond acceptors (Lipinski definition) is 6. The minimum Gasteiger partial charge on any atom is -0.351 e. The summed E-state index contributed by atoms with van der Waals surface area (Å²) in [5.74, 6) is 0.817. The highest BCUT2D eigenvalue weighted by molar-refractivity contribution is 5.94. The first-order valence-electron chi connectivity index (χ1n) is 9.52. The fourth-order valence-electron chi connectivity index (χ4n) is 3.60. The van der Waals surface area contributed by atoms with E-state index in [4.69, 9.17) is 0 Å². The van der Waals surface area contributed by atoms with Crippen molar-refractivity contribution in [1.82, 2.24) is 29.9 Å². The largest absolute Gasteiger partial charge is 0.351 e. The number of rotatable bonds is 3. The van der Waals surface area contributed by atoms with E-state index in [9.17, 15) is 4.79 Å². The van der Waals surface area contributed by atoms with Crippen molar-refractivity contribution < 1.29 is 4.79 Å². The SMILES string of the molecule is O=C(c1ccccc1)N1CCN(c2ncnc3c2nnn3-c2ccccc2)CC1. The quantitative estimate of drug-likeness (QED) is 0.538. The third kappa shape index (κ3) is 3.18. The summed E-state index contributed by atoms with van der Waals surface area (Å²) >= 11 is 0. The standard InChI is InChI=1S/C21H19N7O/c29-21(16-7-3-1-4-8-16)27-13-11-26(12-14-27)19-18-20(23-15-22-19)28(25-24-18)17-9-5-2-6-10-17/h1-10,15H,11-14H2. The number of carbonyl (C=O) groups excluding carboxylic acids is 1. The first-order chi connectivity index (χ1) is 14.3. The van der Waals surface area contributed by atoms with Crippen LogP contribution in [0.2, 0.25) is 0 Å². The molecule has 4 aromatic rings. The molecule has 0 aliphatic carbocycles. The third-order valence-electron chi connectivity index (χ3n) is 5.11. The highest BCUT2D eigenvalue weighted by atomic mass is 16.2. The van der Waals surface area contributed by atoms with Gasteiger partial charge in [0.05, 0.1) is 5.69 Å². The predicted molar refractivity (Wildman–Crippen MR) is 109 cm³/mol. The lowest BCUT2D eigenvalue weighted by Gasteiger charge is -2.35. The van der Waals surface area contributed by atoms with Crippen LogP contribution >= 0.6 is 0 Å². The maximum absolute atomic E-state index is 12.7. The van der Waals surface area contributed by atoms with E-state index in [0.29, 0.717) is 37.3 Å². The van der Waals surface area contributed by atoms with Gasteiger partial charge in [0.2, 0.25) is 0 Å². The van der Waals surface area contributed by atoms with Gasteiger partial charge in [-0.25, -0.2) is 9.97 Å². The second kappa shape index (κ2) is 7.31. The van der Waals surface area contributed by atoms with Crippen molar-refractivity contribution in [3.05, 3.63) is 72.6 Å². The van der Waals surface area contributed by atoms with Gasteiger partial charge in [-0.2, -0.15) is 4.68 Å². The van der Waals surface area contributed by atoms with Gasteiger partial charge in [-0.1, -0.05) is 41.6 Å². The average Bonchev–Trinajstić information content (AvgIpc) is 3.24. The number of benzene rings is 2. The molecule has 1 amide bonds. The number of piperazine rings is 1. The van der Waals surface area contributed by atoms with Crippen LogP contribution in [0.1, 0.15) is 10.4 Å². The topological polar surface area (TPSA) is 80.0 Å². The Labute approximate surface area is 167 Å². The summed E-state index contributed by atoms with van der Waals surface area (Å²) in [5, 5.41) is 8.61. The summed E-state index contributed by atoms with van der Waals surface area (Å²) in [6.45, 7) is 2.63. The molecule has 2 aromatic carbocycles. The summed E-state index contributed by atoms with van der Waals surface area (Å²) in [6, 6.07) is 19.2. The second-order valence-corrected chi connectivity index (χ2v) is 6.85. The van der Waals surface area contributed by atoms with Crippen LogP contribution in [0.25, 0.3) is 16.9 Å². The van der Waals surface area contributed by atoms with Crippen LogP contribution in [0.5, 0.6) is 0 Å². The number of para-hydroxylation sites is 1. The van der Waals surface area contributed by atoms with Gasteiger partial charge in [0, 0.05) is 31.7 Å². The van der Waals surface area contributed by atoms with Crippen molar-refractivity contribution in [2.24, 2.45) is 0 Å². The summed E-state index contributed by atoms with van der Waals surface area (Å²) in [7, 11) is 0. The molecule has 29 heavy (non-hydrogen) atoms. The van der Waals surface area contributed by atoms with Crippen LogP contribution in [0.4, 0.5) is 5.82 Å². The molecule has 144 valence electrons. The van der Waals surface area contributed by atoms with Crippen molar-refractivity contribution in [3.63, 3.8) is 0 Å². The Morgan fingerprint density at radius 3 is 2.24 bits per heavy atom. The Morgan fingerprint density at radius 1 is 0.828 bits per heavy atom. The van der Waals surface area contributed by atoms with Gasteiger partial charge in [0.1, 0.15) is 6.33 Å². The van der Waals surface area contributed by atoms with Crippen molar-refractivity contribution >= 4 is 22.9 Å². The van der Waals surface area contributed by atoms with Crippen molar-refractivity contribution in [1.29, 1.82) is 0 Å². The van der Waals surface area contributed by atoms with Gasteiger partial charge >= 0.3 is 0 Å². The van der Waals surface area contributed by atoms with Crippen LogP contribution in [0, 0.1) is 0 Å². The zero-order valence-corrected chi connectivity index (χ0v) is 15.7. The zero-order valence-electron chi connectivity index (χ0n) is 15.7. The minimum absolute atomic E-state index is 0.0631. The molecule has 5 rings (SSSR count). The van der Waals surface area contributed by atoms with E-state index in [0.717, 1.165) is 17.1 Å². The number of amides is 1. The number of carbonyl (C=O) groups is 1. The lowest BCUT2D eigenvalue weighted by Crippen LogP contribution is -2.49. The average molecular weight is 385 g/mol. The van der Waals surface area contributed by atoms with E-state index < -0.39 is 0 Å². The van der Waals surface area contributed by atoms with Gasteiger partial charge in [-0.3, -0.25) is 4.79 Å². The lowest BCUT2D eigenvalue weighted by atomic mass is 10.2. The van der Waals surface area contributed by atoms with Crippen LogP contribution in [-0.2, 0) is 0 Å². The van der Waals surface area contributed by atoms with E-state index >= 15 is 0 Å². The lowest BCUT2D eigenvalue weighted by molar-refractivity contribution is 0.0746. The fraction of sp³-hybridized carbons (Fsp3) is 0.190. The van der Waals surface area contributed by atoms with Crippen LogP contribution in [0.15, 0.2) is 67.0 Å². The van der Waals surface area contributed by atoms with Crippen LogP contribution in [0.3, 0.4) is 0 Å². The van der Waals surface area contributed by atoms with E-state index in [1.165, 1.54) is 0 Å². The maximum atomic E-state index is 12.7. The van der Waals surface area contributed by atoms with Gasteiger partial charge in [0.25, 0.3) is 5.91 Å². The number of fused-ring (bicyclic) bond motifs is 1. The first kappa shape index (κ1) is 17.3. The highest BCUT2D eigenvalue weighted by Gasteiger charge is 2.25. The van der Waals surface area contributed by atoms with Crippen molar-refractivity contribution in [2.75, 3.05) is 31.1 Å². The molecule has 1 fully saturated rings. The molecule has 0 N–H and O–H groups in total. The molecule has 1 aliphatic rings. The normalized spacial score (nSPS) is 14.3. The van der Waals surface area contributed by atoms with Crippen LogP contribution < -0.4 is 4.90 Å². The molecule has 0 radical (unpaired) electrons. The van der Waals surface area contributed by atoms with E-state index in [-0.39, 0.29) is 5.91 Å². The first-order valence-corrected chi connectivity index (χ1v) is 9.52. The van der Waals surface area contributed by atoms with Gasteiger partial charge in [-0.05, 0) is 24.3 Å². The Hall–Kier alpha value is -3.81. The molecule has 0 unspecified atom stereocenters. The van der Waals surface area contributed by atoms with E-state index in [1.807, 2.05) is 65.6 Å². The molecule has 0 atom stereocenters. The number of nitrogens with zero attached hydrogens (tertiary/aromatic N) is 7. The summed E-state index contributed by atoms with van der Waals surface area (Å²) in [4.78, 5) is 25.5. The molecule has 2 aromatic heterocycles. The molecular weight excluding hydrogens is 366 g/mol. The predicted octanol–water partition coefficient (Wildman–Crippen LogP) is 2.17. The maximum Gasteiger partial charge on any atom is 0.253 e. The summed E-state index contributed by atoms with van der Waals surface area (Å²) in [6.07, 6.45) is 1.54. The molecule has 1 saturated heterocycles. The molecule has 0 spiro atoms. The Balaban J connectivity index is 1.37. The second-order valence-electron chi connectivity index (χ2n) is 6.85. The van der Waals surface area contributed by atoms with Crippen molar-refractivity contribution in [3.8, 4) is 5.69 Å². The van der Waals surface area contributed by atoms with Crippen LogP contribution in [-0.4, -0.2) is 61.9 Å². The summed E-state index contributed by atoms with van der Waals surface area (Å²) in [5.41, 5.74) is 2.96. The Kier molecular flexibility index (Phi) is 4.36. The molecule has 1 aliphatic heterocycles. The van der Waals surface area contributed by atoms with Gasteiger partial charge in [0.15, 0.2) is 17.0 Å². The van der Waals surface area contributed by atoms with Gasteiger partial charge in [-0.15, -0.1) is 5.10 Å². The number of anilines is 1. The third-order valence-corrected chi connectivity index (χ3v) is 5.11. The molecular formula is C21H19N7O. The summed E-state index contributed by atoms with van der Waals surface area (Å²) < 4.78 is 1.72. The minimum atomic E-state index is 0.0631. The molecule has 8 nitrogen and oxygen atoms in total.